The van der Waals surface area contributed by atoms with E-state index in [1.165, 1.54) is 6.07 Å². The third-order valence-electron chi connectivity index (χ3n) is 2.15. The van der Waals surface area contributed by atoms with Crippen LogP contribution in [-0.4, -0.2) is 19.5 Å². The average Bonchev–Trinajstić information content (AvgIpc) is 2.24. The SMILES string of the molecule is CNCC(C)C(=O)Nc1ccc(F)c(F)c1.Cl. The standard InChI is InChI=1S/C11H14F2N2O.ClH/c1-7(6-14-2)11(16)15-8-3-4-9(12)10(13)5-8;/h3-5,7,14H,6H2,1-2H3,(H,15,16);1H. The van der Waals surface area contributed by atoms with Gasteiger partial charge in [0.2, 0.25) is 5.91 Å². The smallest absolute Gasteiger partial charge is 0.228 e. The van der Waals surface area contributed by atoms with Gasteiger partial charge in [-0.25, -0.2) is 8.78 Å². The molecule has 0 spiro atoms. The van der Waals surface area contributed by atoms with Crippen molar-refractivity contribution in [2.24, 2.45) is 5.92 Å². The monoisotopic (exact) mass is 264 g/mol. The van der Waals surface area contributed by atoms with Crippen LogP contribution in [0.1, 0.15) is 6.92 Å². The summed E-state index contributed by atoms with van der Waals surface area (Å²) in [6.45, 7) is 2.27. The predicted octanol–water partition coefficient (Wildman–Crippen LogP) is 2.18. The molecular weight excluding hydrogens is 250 g/mol. The van der Waals surface area contributed by atoms with E-state index >= 15 is 0 Å². The van der Waals surface area contributed by atoms with Crippen LogP contribution >= 0.6 is 12.4 Å². The van der Waals surface area contributed by atoms with Crippen LogP contribution in [0.5, 0.6) is 0 Å². The average molecular weight is 265 g/mol. The maximum absolute atomic E-state index is 12.8. The minimum absolute atomic E-state index is 0. The lowest BCUT2D eigenvalue weighted by Gasteiger charge is -2.11. The Bertz CT molecular complexity index is 388. The number of amides is 1. The van der Waals surface area contributed by atoms with Crippen molar-refractivity contribution in [1.29, 1.82) is 0 Å². The van der Waals surface area contributed by atoms with Crippen molar-refractivity contribution in [2.75, 3.05) is 18.9 Å². The summed E-state index contributed by atoms with van der Waals surface area (Å²) in [5.41, 5.74) is 0.256. The highest BCUT2D eigenvalue weighted by Gasteiger charge is 2.12. The molecule has 0 heterocycles. The second-order valence-corrected chi connectivity index (χ2v) is 3.58. The second-order valence-electron chi connectivity index (χ2n) is 3.58. The van der Waals surface area contributed by atoms with E-state index in [0.717, 1.165) is 12.1 Å². The highest BCUT2D eigenvalue weighted by atomic mass is 35.5. The molecule has 1 amide bonds. The number of benzene rings is 1. The van der Waals surface area contributed by atoms with Crippen molar-refractivity contribution in [3.8, 4) is 0 Å². The number of hydrogen-bond acceptors (Lipinski definition) is 2. The van der Waals surface area contributed by atoms with Gasteiger partial charge in [0.15, 0.2) is 11.6 Å². The molecular formula is C11H15ClF2N2O. The lowest BCUT2D eigenvalue weighted by atomic mass is 10.1. The Hall–Kier alpha value is -1.20. The summed E-state index contributed by atoms with van der Waals surface area (Å²) in [6, 6.07) is 3.26. The Morgan fingerprint density at radius 2 is 2.00 bits per heavy atom. The number of rotatable bonds is 4. The molecule has 96 valence electrons. The van der Waals surface area contributed by atoms with E-state index in [-0.39, 0.29) is 29.9 Å². The lowest BCUT2D eigenvalue weighted by molar-refractivity contribution is -0.119. The first-order valence-electron chi connectivity index (χ1n) is 4.95. The summed E-state index contributed by atoms with van der Waals surface area (Å²) in [7, 11) is 1.74. The Kier molecular flexibility index (Phi) is 6.68. The minimum Gasteiger partial charge on any atom is -0.326 e. The number of carbonyl (C=O) groups is 1. The molecule has 3 nitrogen and oxygen atoms in total. The molecule has 0 aliphatic rings. The summed E-state index contributed by atoms with van der Waals surface area (Å²) in [6.07, 6.45) is 0. The Morgan fingerprint density at radius 1 is 1.35 bits per heavy atom. The zero-order valence-electron chi connectivity index (χ0n) is 9.59. The van der Waals surface area contributed by atoms with Gasteiger partial charge in [-0.05, 0) is 19.2 Å². The van der Waals surface area contributed by atoms with Crippen LogP contribution in [-0.2, 0) is 4.79 Å². The summed E-state index contributed by atoms with van der Waals surface area (Å²) in [4.78, 5) is 11.5. The quantitative estimate of drug-likeness (QED) is 0.875. The molecule has 1 rings (SSSR count). The van der Waals surface area contributed by atoms with Gasteiger partial charge < -0.3 is 10.6 Å². The van der Waals surface area contributed by atoms with Crippen LogP contribution in [0.3, 0.4) is 0 Å². The van der Waals surface area contributed by atoms with E-state index in [1.54, 1.807) is 14.0 Å². The molecule has 0 aliphatic carbocycles. The van der Waals surface area contributed by atoms with E-state index in [1.807, 2.05) is 0 Å². The summed E-state index contributed by atoms with van der Waals surface area (Å²) >= 11 is 0. The molecule has 2 N–H and O–H groups in total. The molecule has 6 heteroatoms. The number of hydrogen-bond donors (Lipinski definition) is 2. The maximum Gasteiger partial charge on any atom is 0.228 e. The van der Waals surface area contributed by atoms with Crippen LogP contribution in [0.2, 0.25) is 0 Å². The van der Waals surface area contributed by atoms with E-state index in [0.29, 0.717) is 6.54 Å². The number of halogens is 3. The van der Waals surface area contributed by atoms with Gasteiger partial charge >= 0.3 is 0 Å². The van der Waals surface area contributed by atoms with Gasteiger partial charge in [-0.1, -0.05) is 6.92 Å². The van der Waals surface area contributed by atoms with Crippen molar-refractivity contribution in [3.05, 3.63) is 29.8 Å². The van der Waals surface area contributed by atoms with E-state index in [2.05, 4.69) is 10.6 Å². The zero-order chi connectivity index (χ0) is 12.1. The fourth-order valence-corrected chi connectivity index (χ4v) is 1.24. The van der Waals surface area contributed by atoms with Crippen LogP contribution in [0, 0.1) is 17.6 Å². The van der Waals surface area contributed by atoms with Gasteiger partial charge in [0.25, 0.3) is 0 Å². The van der Waals surface area contributed by atoms with E-state index in [4.69, 9.17) is 0 Å². The third kappa shape index (κ3) is 4.66. The van der Waals surface area contributed by atoms with Crippen molar-refractivity contribution in [1.82, 2.24) is 5.32 Å². The fraction of sp³-hybridized carbons (Fsp3) is 0.364. The van der Waals surface area contributed by atoms with Gasteiger partial charge in [-0.2, -0.15) is 0 Å². The highest BCUT2D eigenvalue weighted by Crippen LogP contribution is 2.13. The lowest BCUT2D eigenvalue weighted by Crippen LogP contribution is -2.28. The number of nitrogens with one attached hydrogen (secondary N) is 2. The van der Waals surface area contributed by atoms with Crippen LogP contribution in [0.15, 0.2) is 18.2 Å². The van der Waals surface area contributed by atoms with Gasteiger partial charge in [-0.15, -0.1) is 12.4 Å². The molecule has 0 radical (unpaired) electrons. The largest absolute Gasteiger partial charge is 0.326 e. The van der Waals surface area contributed by atoms with Crippen LogP contribution < -0.4 is 10.6 Å². The summed E-state index contributed by atoms with van der Waals surface area (Å²) < 4.78 is 25.5. The molecule has 0 saturated carbocycles. The van der Waals surface area contributed by atoms with Crippen molar-refractivity contribution < 1.29 is 13.6 Å². The molecule has 1 aromatic rings. The van der Waals surface area contributed by atoms with E-state index in [9.17, 15) is 13.6 Å². The number of anilines is 1. The molecule has 0 fully saturated rings. The Balaban J connectivity index is 0.00000256. The Morgan fingerprint density at radius 3 is 2.53 bits per heavy atom. The number of carbonyl (C=O) groups excluding carboxylic acids is 1. The summed E-state index contributed by atoms with van der Waals surface area (Å²) in [5.74, 6) is -2.38. The van der Waals surface area contributed by atoms with Crippen LogP contribution in [0.25, 0.3) is 0 Å². The first-order valence-corrected chi connectivity index (χ1v) is 4.95. The predicted molar refractivity (Wildman–Crippen MR) is 65.3 cm³/mol. The minimum atomic E-state index is -0.973. The molecule has 1 aromatic carbocycles. The molecule has 0 bridgehead atoms. The molecule has 0 aliphatic heterocycles. The third-order valence-corrected chi connectivity index (χ3v) is 2.15. The first kappa shape index (κ1) is 15.8. The molecule has 0 saturated heterocycles. The van der Waals surface area contributed by atoms with Gasteiger partial charge in [0.1, 0.15) is 0 Å². The topological polar surface area (TPSA) is 41.1 Å². The first-order chi connectivity index (χ1) is 7.54. The maximum atomic E-state index is 12.8. The second kappa shape index (κ2) is 7.19. The van der Waals surface area contributed by atoms with E-state index < -0.39 is 11.6 Å². The Labute approximate surface area is 105 Å². The van der Waals surface area contributed by atoms with Gasteiger partial charge in [0, 0.05) is 24.2 Å². The molecule has 1 atom stereocenters. The van der Waals surface area contributed by atoms with Gasteiger partial charge in [0.05, 0.1) is 0 Å². The van der Waals surface area contributed by atoms with Crippen molar-refractivity contribution >= 4 is 24.0 Å². The molecule has 17 heavy (non-hydrogen) atoms. The fourth-order valence-electron chi connectivity index (χ4n) is 1.24. The highest BCUT2D eigenvalue weighted by molar-refractivity contribution is 5.92. The van der Waals surface area contributed by atoms with Crippen molar-refractivity contribution in [2.45, 2.75) is 6.92 Å². The van der Waals surface area contributed by atoms with Crippen LogP contribution in [0.4, 0.5) is 14.5 Å². The normalized spacial score (nSPS) is 11.5. The molecule has 1 unspecified atom stereocenters. The van der Waals surface area contributed by atoms with Gasteiger partial charge in [-0.3, -0.25) is 4.79 Å². The zero-order valence-corrected chi connectivity index (χ0v) is 10.4. The molecule has 0 aromatic heterocycles. The van der Waals surface area contributed by atoms with Crippen molar-refractivity contribution in [3.63, 3.8) is 0 Å². The summed E-state index contributed by atoms with van der Waals surface area (Å²) in [5, 5.41) is 5.37.